The van der Waals surface area contributed by atoms with E-state index in [1.165, 1.54) is 17.7 Å². The normalized spacial score (nSPS) is 23.4. The van der Waals surface area contributed by atoms with E-state index in [0.717, 1.165) is 17.5 Å². The fourth-order valence-electron chi connectivity index (χ4n) is 5.63. The van der Waals surface area contributed by atoms with Gasteiger partial charge in [-0.05, 0) is 42.0 Å². The lowest BCUT2D eigenvalue weighted by molar-refractivity contribution is -0.0499. The summed E-state index contributed by atoms with van der Waals surface area (Å²) in [5, 5.41) is 20.1. The van der Waals surface area contributed by atoms with Crippen LogP contribution in [0.1, 0.15) is 40.2 Å². The molecule has 1 saturated heterocycles. The lowest BCUT2D eigenvalue weighted by Gasteiger charge is -2.20. The van der Waals surface area contributed by atoms with Crippen molar-refractivity contribution in [2.75, 3.05) is 18.4 Å². The average Bonchev–Trinajstić information content (AvgIpc) is 3.77. The highest BCUT2D eigenvalue weighted by atomic mass is 32.1. The first kappa shape index (κ1) is 28.0. The summed E-state index contributed by atoms with van der Waals surface area (Å²) in [6.07, 6.45) is 6.74. The number of ether oxygens (including phenoxy) is 2. The fourth-order valence-corrected chi connectivity index (χ4v) is 6.39. The molecule has 2 fully saturated rings. The van der Waals surface area contributed by atoms with Crippen LogP contribution in [0.4, 0.5) is 10.6 Å². The minimum absolute atomic E-state index is 0.0780. The van der Waals surface area contributed by atoms with Crippen LogP contribution in [0.25, 0.3) is 17.2 Å². The second-order valence-corrected chi connectivity index (χ2v) is 11.1. The van der Waals surface area contributed by atoms with Crippen molar-refractivity contribution < 1.29 is 24.2 Å². The van der Waals surface area contributed by atoms with Gasteiger partial charge < -0.3 is 29.8 Å². The quantitative estimate of drug-likeness (QED) is 0.216. The van der Waals surface area contributed by atoms with Crippen molar-refractivity contribution in [3.63, 3.8) is 0 Å². The number of fused-ring (bicyclic) bond motifs is 2. The van der Waals surface area contributed by atoms with Crippen LogP contribution in [0.3, 0.4) is 0 Å². The van der Waals surface area contributed by atoms with E-state index in [1.54, 1.807) is 11.7 Å². The third-order valence-electron chi connectivity index (χ3n) is 7.49. The van der Waals surface area contributed by atoms with Gasteiger partial charge in [0.05, 0.1) is 18.5 Å². The smallest absolute Gasteiger partial charge is 0.346 e. The number of benzene rings is 1. The molecule has 1 saturated carbocycles. The van der Waals surface area contributed by atoms with E-state index in [-0.39, 0.29) is 30.2 Å². The molecule has 1 aromatic carbocycles. The molecule has 4 aromatic rings. The van der Waals surface area contributed by atoms with Crippen LogP contribution in [0.15, 0.2) is 60.5 Å². The van der Waals surface area contributed by atoms with Crippen molar-refractivity contribution in [2.24, 2.45) is 5.92 Å². The number of hydrogen-bond donors (Lipinski definition) is 4. The Morgan fingerprint density at radius 3 is 2.79 bits per heavy atom. The number of anilines is 1. The third-order valence-corrected chi connectivity index (χ3v) is 8.43. The second-order valence-electron chi connectivity index (χ2n) is 10.1. The van der Waals surface area contributed by atoms with Crippen molar-refractivity contribution in [3.8, 4) is 0 Å². The van der Waals surface area contributed by atoms with E-state index < -0.39 is 12.3 Å². The molecule has 6 rings (SSSR count). The minimum Gasteiger partial charge on any atom is -0.477 e. The highest BCUT2D eigenvalue weighted by Gasteiger charge is 2.51. The zero-order valence-corrected chi connectivity index (χ0v) is 23.7. The van der Waals surface area contributed by atoms with Crippen LogP contribution in [0.2, 0.25) is 0 Å². The van der Waals surface area contributed by atoms with E-state index >= 15 is 0 Å². The summed E-state index contributed by atoms with van der Waals surface area (Å²) in [6, 6.07) is 11.3. The highest BCUT2D eigenvalue weighted by molar-refractivity contribution is 7.12. The maximum absolute atomic E-state index is 12.2. The van der Waals surface area contributed by atoms with Crippen molar-refractivity contribution in [2.45, 2.75) is 44.4 Å². The topological polar surface area (TPSA) is 153 Å². The molecule has 1 aliphatic carbocycles. The number of imidazole rings is 1. The second kappa shape index (κ2) is 12.4. The fraction of sp³-hybridized carbons (Fsp3) is 0.345. The maximum atomic E-state index is 12.2. The summed E-state index contributed by atoms with van der Waals surface area (Å²) in [5.74, 6) is -0.512. The number of carbonyl (C=O) groups excluding carboxylic acids is 1. The Hall–Kier alpha value is -4.17. The molecule has 0 bridgehead atoms. The number of urea groups is 1. The Labute approximate surface area is 245 Å². The maximum Gasteiger partial charge on any atom is 0.346 e. The first-order chi connectivity index (χ1) is 20.5. The van der Waals surface area contributed by atoms with Crippen LogP contribution in [0.5, 0.6) is 0 Å². The number of thiophene rings is 1. The molecule has 218 valence electrons. The Bertz CT molecular complexity index is 1590. The molecule has 42 heavy (non-hydrogen) atoms. The first-order valence-electron chi connectivity index (χ1n) is 13.8. The lowest BCUT2D eigenvalue weighted by atomic mass is 10.1. The Morgan fingerprint density at radius 2 is 1.98 bits per heavy atom. The van der Waals surface area contributed by atoms with Crippen molar-refractivity contribution >= 4 is 46.4 Å². The standard InChI is InChI=1S/C29H31N7O5S/c1-2-31-29(39)35-26-22-27(33-15-32-26)36(16-34-22)20-12-19(14-30-13-18-10-11-42-25(18)28(37)38)23-24(20)41-21(40-23)9-8-17-6-4-3-5-7-17/h3-11,15-16,19-21,23-24,30H,2,12-14H2,1H3,(H,37,38)(H2,31,32,33,35,39)/b9-8+/t19?,20?,21-,23?,24?/m0/s1. The zero-order chi connectivity index (χ0) is 29.1. The Kier molecular flexibility index (Phi) is 8.24. The predicted octanol–water partition coefficient (Wildman–Crippen LogP) is 3.90. The summed E-state index contributed by atoms with van der Waals surface area (Å²) >= 11 is 1.22. The molecular formula is C29H31N7O5S. The summed E-state index contributed by atoms with van der Waals surface area (Å²) in [5.41, 5.74) is 2.88. The summed E-state index contributed by atoms with van der Waals surface area (Å²) in [7, 11) is 0. The van der Waals surface area contributed by atoms with Crippen molar-refractivity contribution in [3.05, 3.63) is 76.5 Å². The number of hydrogen-bond acceptors (Lipinski definition) is 9. The number of aromatic nitrogens is 4. The van der Waals surface area contributed by atoms with Gasteiger partial charge in [-0.3, -0.25) is 5.32 Å². The number of carboxylic acid groups (broad SMARTS) is 1. The highest BCUT2D eigenvalue weighted by Crippen LogP contribution is 2.45. The molecule has 1 aliphatic heterocycles. The monoisotopic (exact) mass is 589 g/mol. The van der Waals surface area contributed by atoms with Crippen LogP contribution in [-0.2, 0) is 16.0 Å². The van der Waals surface area contributed by atoms with Gasteiger partial charge in [0.15, 0.2) is 23.3 Å². The Balaban J connectivity index is 1.23. The summed E-state index contributed by atoms with van der Waals surface area (Å²) in [6.45, 7) is 3.37. The van der Waals surface area contributed by atoms with Gasteiger partial charge in [0, 0.05) is 25.6 Å². The lowest BCUT2D eigenvalue weighted by Crippen LogP contribution is -2.32. The predicted molar refractivity (Wildman–Crippen MR) is 157 cm³/mol. The van der Waals surface area contributed by atoms with E-state index in [9.17, 15) is 14.7 Å². The molecule has 4 heterocycles. The molecule has 4 unspecified atom stereocenters. The van der Waals surface area contributed by atoms with E-state index in [2.05, 4.69) is 30.9 Å². The molecule has 12 nitrogen and oxygen atoms in total. The molecule has 5 atom stereocenters. The first-order valence-corrected chi connectivity index (χ1v) is 14.7. The molecule has 0 spiro atoms. The van der Waals surface area contributed by atoms with Gasteiger partial charge >= 0.3 is 12.0 Å². The SMILES string of the molecule is CCNC(=O)Nc1ncnc2c1ncn2C1CC(CNCc2ccsc2C(=O)O)C2O[C@H](/C=C/c3ccccc3)OC21. The van der Waals surface area contributed by atoms with Gasteiger partial charge in [-0.15, -0.1) is 11.3 Å². The van der Waals surface area contributed by atoms with E-state index in [0.29, 0.717) is 41.5 Å². The van der Waals surface area contributed by atoms with Gasteiger partial charge in [0.1, 0.15) is 17.3 Å². The molecule has 4 N–H and O–H groups in total. The molecule has 3 aromatic heterocycles. The largest absolute Gasteiger partial charge is 0.477 e. The van der Waals surface area contributed by atoms with Gasteiger partial charge in [-0.1, -0.05) is 36.4 Å². The molecular weight excluding hydrogens is 558 g/mol. The number of aromatic carboxylic acids is 1. The molecule has 13 heteroatoms. The number of carbonyl (C=O) groups is 2. The number of carboxylic acids is 1. The molecule has 2 aliphatic rings. The average molecular weight is 590 g/mol. The van der Waals surface area contributed by atoms with Crippen molar-refractivity contribution in [1.82, 2.24) is 30.2 Å². The number of amides is 2. The van der Waals surface area contributed by atoms with Gasteiger partial charge in [0.25, 0.3) is 0 Å². The van der Waals surface area contributed by atoms with E-state index in [1.807, 2.05) is 60.0 Å². The number of nitrogens with one attached hydrogen (secondary N) is 3. The molecule has 2 amide bonds. The van der Waals surface area contributed by atoms with Gasteiger partial charge in [-0.2, -0.15) is 0 Å². The van der Waals surface area contributed by atoms with Crippen LogP contribution < -0.4 is 16.0 Å². The number of rotatable bonds is 10. The van der Waals surface area contributed by atoms with Gasteiger partial charge in [0.2, 0.25) is 0 Å². The summed E-state index contributed by atoms with van der Waals surface area (Å²) < 4.78 is 14.9. The minimum atomic E-state index is -0.918. The zero-order valence-electron chi connectivity index (χ0n) is 22.8. The Morgan fingerprint density at radius 1 is 1.14 bits per heavy atom. The van der Waals surface area contributed by atoms with E-state index in [4.69, 9.17) is 9.47 Å². The third kappa shape index (κ3) is 5.77. The van der Waals surface area contributed by atoms with Crippen molar-refractivity contribution in [1.29, 1.82) is 0 Å². The van der Waals surface area contributed by atoms with Gasteiger partial charge in [-0.25, -0.2) is 24.5 Å². The van der Waals surface area contributed by atoms with Crippen LogP contribution in [0, 0.1) is 5.92 Å². The summed E-state index contributed by atoms with van der Waals surface area (Å²) in [4.78, 5) is 37.3. The van der Waals surface area contributed by atoms with Crippen LogP contribution >= 0.6 is 11.3 Å². The molecule has 0 radical (unpaired) electrons. The number of nitrogens with zero attached hydrogens (tertiary/aromatic N) is 4. The van der Waals surface area contributed by atoms with Crippen LogP contribution in [-0.4, -0.2) is 68.2 Å².